The van der Waals surface area contributed by atoms with Gasteiger partial charge in [0.1, 0.15) is 15.4 Å². The number of hydrogen-bond acceptors (Lipinski definition) is 5. The molecule has 0 bridgehead atoms. The lowest BCUT2D eigenvalue weighted by Gasteiger charge is -2.28. The van der Waals surface area contributed by atoms with Crippen LogP contribution in [0, 0.1) is 0 Å². The van der Waals surface area contributed by atoms with Crippen molar-refractivity contribution in [2.24, 2.45) is 0 Å². The van der Waals surface area contributed by atoms with E-state index in [2.05, 4.69) is 5.32 Å². The van der Waals surface area contributed by atoms with Crippen LogP contribution in [0.5, 0.6) is 0 Å². The van der Waals surface area contributed by atoms with Gasteiger partial charge >= 0.3 is 5.97 Å². The number of carboxylic acids is 1. The second-order valence-corrected chi connectivity index (χ2v) is 7.29. The molecule has 0 rings (SSSR count). The summed E-state index contributed by atoms with van der Waals surface area (Å²) in [5.74, 6) is -0.704. The summed E-state index contributed by atoms with van der Waals surface area (Å²) in [6.45, 7) is 3.01. The zero-order valence-corrected chi connectivity index (χ0v) is 13.1. The van der Waals surface area contributed by atoms with Gasteiger partial charge in [-0.1, -0.05) is 6.92 Å². The molecule has 0 aliphatic carbocycles. The summed E-state index contributed by atoms with van der Waals surface area (Å²) in [6.07, 6.45) is 2.97. The Bertz CT molecular complexity index is 377. The molecule has 0 heterocycles. The Morgan fingerprint density at radius 3 is 2.32 bits per heavy atom. The number of likely N-dealkylation sites (N-methyl/N-ethyl adjacent to an activating group) is 1. The molecule has 0 radical (unpaired) electrons. The number of hydrogen-bond donors (Lipinski definition) is 2. The largest absolute Gasteiger partial charge is 0.480 e. The van der Waals surface area contributed by atoms with Gasteiger partial charge in [-0.05, 0) is 39.9 Å². The number of carboxylic acid groups (broad SMARTS) is 1. The number of nitrogens with one attached hydrogen (secondary N) is 1. The van der Waals surface area contributed by atoms with Crippen molar-refractivity contribution in [1.29, 1.82) is 0 Å². The van der Waals surface area contributed by atoms with E-state index < -0.39 is 21.3 Å². The molecular formula is C12H26N2O4S. The third-order valence-electron chi connectivity index (χ3n) is 3.48. The third kappa shape index (κ3) is 6.89. The zero-order valence-electron chi connectivity index (χ0n) is 12.3. The van der Waals surface area contributed by atoms with Crippen molar-refractivity contribution in [3.05, 3.63) is 0 Å². The van der Waals surface area contributed by atoms with Gasteiger partial charge < -0.3 is 15.3 Å². The Morgan fingerprint density at radius 2 is 1.95 bits per heavy atom. The second kappa shape index (κ2) is 7.81. The summed E-state index contributed by atoms with van der Waals surface area (Å²) < 4.78 is 22.1. The van der Waals surface area contributed by atoms with Crippen molar-refractivity contribution in [3.63, 3.8) is 0 Å². The minimum Gasteiger partial charge on any atom is -0.480 e. The summed E-state index contributed by atoms with van der Waals surface area (Å²) in [5.41, 5.74) is -0.877. The number of aliphatic carboxylic acids is 1. The van der Waals surface area contributed by atoms with Gasteiger partial charge in [0.15, 0.2) is 0 Å². The van der Waals surface area contributed by atoms with Crippen LogP contribution in [0.25, 0.3) is 0 Å². The molecule has 0 aromatic rings. The Labute approximate surface area is 116 Å². The summed E-state index contributed by atoms with van der Waals surface area (Å²) in [4.78, 5) is 13.2. The van der Waals surface area contributed by atoms with Gasteiger partial charge in [0, 0.05) is 12.8 Å². The minimum absolute atomic E-state index is 0.132. The third-order valence-corrected chi connectivity index (χ3v) is 4.40. The summed E-state index contributed by atoms with van der Waals surface area (Å²) >= 11 is 0. The number of rotatable bonds is 10. The van der Waals surface area contributed by atoms with Crippen molar-refractivity contribution in [1.82, 2.24) is 10.2 Å². The molecular weight excluding hydrogens is 268 g/mol. The molecule has 1 unspecified atom stereocenters. The van der Waals surface area contributed by atoms with Crippen molar-refractivity contribution in [3.8, 4) is 0 Å². The molecule has 0 amide bonds. The maximum Gasteiger partial charge on any atom is 0.323 e. The van der Waals surface area contributed by atoms with E-state index in [0.717, 1.165) is 0 Å². The lowest BCUT2D eigenvalue weighted by Crippen LogP contribution is -2.50. The predicted molar refractivity (Wildman–Crippen MR) is 76.2 cm³/mol. The van der Waals surface area contributed by atoms with Gasteiger partial charge in [0.2, 0.25) is 0 Å². The van der Waals surface area contributed by atoms with Crippen LogP contribution in [0.2, 0.25) is 0 Å². The van der Waals surface area contributed by atoms with E-state index in [1.807, 2.05) is 18.9 Å². The van der Waals surface area contributed by atoms with E-state index in [1.165, 1.54) is 6.26 Å². The Kier molecular flexibility index (Phi) is 7.54. The number of nitrogens with zero attached hydrogens (tertiary/aromatic N) is 1. The van der Waals surface area contributed by atoms with Crippen LogP contribution in [-0.2, 0) is 14.6 Å². The first-order valence-corrected chi connectivity index (χ1v) is 8.51. The van der Waals surface area contributed by atoms with Crippen molar-refractivity contribution in [2.45, 2.75) is 31.7 Å². The lowest BCUT2D eigenvalue weighted by molar-refractivity contribution is -0.145. The van der Waals surface area contributed by atoms with Gasteiger partial charge in [-0.3, -0.25) is 4.79 Å². The first-order valence-electron chi connectivity index (χ1n) is 6.45. The van der Waals surface area contributed by atoms with Crippen LogP contribution in [0.1, 0.15) is 26.2 Å². The SMILES string of the molecule is CCC(CCCN(C)CCS(C)(=O)=O)(NC)C(=O)O. The van der Waals surface area contributed by atoms with Crippen LogP contribution in [0.15, 0.2) is 0 Å². The van der Waals surface area contributed by atoms with Crippen molar-refractivity contribution < 1.29 is 18.3 Å². The van der Waals surface area contributed by atoms with Gasteiger partial charge in [0.05, 0.1) is 5.75 Å². The van der Waals surface area contributed by atoms with Crippen LogP contribution in [0.3, 0.4) is 0 Å². The highest BCUT2D eigenvalue weighted by atomic mass is 32.2. The average Bonchev–Trinajstić information content (AvgIpc) is 2.31. The molecule has 19 heavy (non-hydrogen) atoms. The Hall–Kier alpha value is -0.660. The van der Waals surface area contributed by atoms with Crippen LogP contribution in [0.4, 0.5) is 0 Å². The normalized spacial score (nSPS) is 15.4. The highest BCUT2D eigenvalue weighted by Crippen LogP contribution is 2.17. The first kappa shape index (κ1) is 18.3. The Morgan fingerprint density at radius 1 is 1.37 bits per heavy atom. The molecule has 6 nitrogen and oxygen atoms in total. The Balaban J connectivity index is 4.17. The average molecular weight is 294 g/mol. The topological polar surface area (TPSA) is 86.7 Å². The molecule has 0 spiro atoms. The standard InChI is InChI=1S/C12H26N2O4S/c1-5-12(13-2,11(15)16)7-6-8-14(3)9-10-19(4,17)18/h13H,5-10H2,1-4H3,(H,15,16). The maximum absolute atomic E-state index is 11.3. The molecule has 114 valence electrons. The molecule has 0 saturated heterocycles. The highest BCUT2D eigenvalue weighted by molar-refractivity contribution is 7.90. The van der Waals surface area contributed by atoms with Gasteiger partial charge in [-0.2, -0.15) is 0 Å². The summed E-state index contributed by atoms with van der Waals surface area (Å²) in [6, 6.07) is 0. The van der Waals surface area contributed by atoms with E-state index in [1.54, 1.807) is 7.05 Å². The first-order chi connectivity index (χ1) is 8.67. The molecule has 7 heteroatoms. The molecule has 2 N–H and O–H groups in total. The fourth-order valence-electron chi connectivity index (χ4n) is 1.93. The fourth-order valence-corrected chi connectivity index (χ4v) is 2.57. The molecule has 0 aliphatic rings. The molecule has 0 aliphatic heterocycles. The smallest absolute Gasteiger partial charge is 0.323 e. The van der Waals surface area contributed by atoms with E-state index in [4.69, 9.17) is 0 Å². The van der Waals surface area contributed by atoms with Crippen LogP contribution in [-0.4, -0.2) is 69.1 Å². The molecule has 1 atom stereocenters. The van der Waals surface area contributed by atoms with Crippen LogP contribution < -0.4 is 5.32 Å². The van der Waals surface area contributed by atoms with E-state index in [9.17, 15) is 18.3 Å². The van der Waals surface area contributed by atoms with Crippen molar-refractivity contribution >= 4 is 15.8 Å². The minimum atomic E-state index is -2.94. The second-order valence-electron chi connectivity index (χ2n) is 5.03. The molecule has 0 aromatic heterocycles. The summed E-state index contributed by atoms with van der Waals surface area (Å²) in [7, 11) is 0.560. The molecule has 0 saturated carbocycles. The predicted octanol–water partition coefficient (Wildman–Crippen LogP) is 0.196. The highest BCUT2D eigenvalue weighted by Gasteiger charge is 2.34. The van der Waals surface area contributed by atoms with E-state index >= 15 is 0 Å². The van der Waals surface area contributed by atoms with Crippen LogP contribution >= 0.6 is 0 Å². The molecule has 0 aromatic carbocycles. The van der Waals surface area contributed by atoms with E-state index in [0.29, 0.717) is 32.4 Å². The zero-order chi connectivity index (χ0) is 15.1. The van der Waals surface area contributed by atoms with Gasteiger partial charge in [-0.15, -0.1) is 0 Å². The lowest BCUT2D eigenvalue weighted by atomic mass is 9.90. The maximum atomic E-state index is 11.3. The monoisotopic (exact) mass is 294 g/mol. The number of carbonyl (C=O) groups is 1. The summed E-state index contributed by atoms with van der Waals surface area (Å²) in [5, 5.41) is 12.1. The van der Waals surface area contributed by atoms with Gasteiger partial charge in [-0.25, -0.2) is 8.42 Å². The van der Waals surface area contributed by atoms with Gasteiger partial charge in [0.25, 0.3) is 0 Å². The van der Waals surface area contributed by atoms with Crippen molar-refractivity contribution in [2.75, 3.05) is 39.2 Å². The quantitative estimate of drug-likeness (QED) is 0.598. The van der Waals surface area contributed by atoms with E-state index in [-0.39, 0.29) is 5.75 Å². The molecule has 0 fully saturated rings. The fraction of sp³-hybridized carbons (Fsp3) is 0.917. The number of sulfone groups is 1.